The molecular weight excluding hydrogens is 368 g/mol. The normalized spacial score (nSPS) is 17.6. The molecule has 0 aliphatic carbocycles. The van der Waals surface area contributed by atoms with Gasteiger partial charge < -0.3 is 19.7 Å². The smallest absolute Gasteiger partial charge is 0.251 e. The molecule has 1 unspecified atom stereocenters. The third-order valence-corrected chi connectivity index (χ3v) is 4.33. The molecule has 2 amide bonds. The van der Waals surface area contributed by atoms with Crippen LogP contribution in [0.1, 0.15) is 6.42 Å². The Bertz CT molecular complexity index is 751. The molecule has 1 aliphatic heterocycles. The van der Waals surface area contributed by atoms with E-state index in [0.717, 1.165) is 13.0 Å². The molecule has 1 saturated heterocycles. The number of nitrogens with zero attached hydrogens (tertiary/aromatic N) is 2. The van der Waals surface area contributed by atoms with Crippen LogP contribution in [0.25, 0.3) is 0 Å². The van der Waals surface area contributed by atoms with E-state index in [1.807, 2.05) is 0 Å². The molecule has 0 aromatic heterocycles. The zero-order chi connectivity index (χ0) is 20.0. The number of ether oxygens (including phenoxy) is 2. The molecule has 1 fully saturated rings. The molecule has 0 radical (unpaired) electrons. The number of nitrogens with one attached hydrogen (secondary N) is 2. The highest BCUT2D eigenvalue weighted by molar-refractivity contribution is 7.80. The van der Waals surface area contributed by atoms with Crippen LogP contribution in [0.2, 0.25) is 0 Å². The third kappa shape index (κ3) is 5.01. The van der Waals surface area contributed by atoms with Crippen molar-refractivity contribution < 1.29 is 24.0 Å². The molecule has 1 aromatic carbocycles. The molecule has 1 aliphatic rings. The van der Waals surface area contributed by atoms with Crippen LogP contribution in [0.4, 0.5) is 5.69 Å². The lowest BCUT2D eigenvalue weighted by molar-refractivity contribution is -0.858. The Kier molecular flexibility index (Phi) is 7.26. The number of thiocarbonyl (C=S) groups is 1. The number of carbonyl (C=O) groups excluding carboxylic acids is 2. The summed E-state index contributed by atoms with van der Waals surface area (Å²) in [5.74, 6) is -1.02. The van der Waals surface area contributed by atoms with Gasteiger partial charge in [0.1, 0.15) is 11.5 Å². The summed E-state index contributed by atoms with van der Waals surface area (Å²) < 4.78 is 10.6. The number of methoxy groups -OCH3 is 2. The molecule has 0 saturated carbocycles. The van der Waals surface area contributed by atoms with Gasteiger partial charge in [0.25, 0.3) is 5.91 Å². The van der Waals surface area contributed by atoms with Crippen molar-refractivity contribution in [3.05, 3.63) is 18.2 Å². The zero-order valence-corrected chi connectivity index (χ0v) is 16.8. The minimum absolute atomic E-state index is 0.00240. The standard InChI is InChI=1S/C18H24N4O4S/c1-21(2)9-5-8-19-11-13-16(23)20-18(27)22(17(13)24)14-10-12(25-3)6-7-15(14)26-4/h6-7,10-11,13H,5,8-9H2,1-4H3,(H,20,23,27)/p+1. The summed E-state index contributed by atoms with van der Waals surface area (Å²) in [5.41, 5.74) is 0.404. The van der Waals surface area contributed by atoms with Gasteiger partial charge in [0.2, 0.25) is 5.91 Å². The number of rotatable bonds is 8. The van der Waals surface area contributed by atoms with Crippen LogP contribution in [0.5, 0.6) is 11.5 Å². The van der Waals surface area contributed by atoms with Crippen LogP contribution in [-0.4, -0.2) is 64.5 Å². The lowest BCUT2D eigenvalue weighted by Crippen LogP contribution is -3.05. The maximum atomic E-state index is 13.0. The predicted octanol–water partition coefficient (Wildman–Crippen LogP) is -0.327. The Morgan fingerprint density at radius 1 is 1.30 bits per heavy atom. The van der Waals surface area contributed by atoms with E-state index in [0.29, 0.717) is 23.7 Å². The summed E-state index contributed by atoms with van der Waals surface area (Å²) in [6.45, 7) is 1.51. The van der Waals surface area contributed by atoms with E-state index in [1.165, 1.54) is 30.2 Å². The first kappa shape index (κ1) is 20.8. The van der Waals surface area contributed by atoms with Crippen LogP contribution < -0.4 is 24.6 Å². The minimum atomic E-state index is -1.04. The van der Waals surface area contributed by atoms with Crippen LogP contribution in [0.15, 0.2) is 23.2 Å². The Morgan fingerprint density at radius 2 is 2.04 bits per heavy atom. The summed E-state index contributed by atoms with van der Waals surface area (Å²) >= 11 is 5.22. The van der Waals surface area contributed by atoms with E-state index in [2.05, 4.69) is 24.4 Å². The predicted molar refractivity (Wildman–Crippen MR) is 107 cm³/mol. The zero-order valence-electron chi connectivity index (χ0n) is 15.9. The van der Waals surface area contributed by atoms with Crippen LogP contribution >= 0.6 is 12.2 Å². The van der Waals surface area contributed by atoms with E-state index in [-0.39, 0.29) is 5.11 Å². The quantitative estimate of drug-likeness (QED) is 0.274. The number of quaternary nitrogens is 1. The van der Waals surface area contributed by atoms with Gasteiger partial charge in [-0.2, -0.15) is 0 Å². The monoisotopic (exact) mass is 393 g/mol. The van der Waals surface area contributed by atoms with E-state index in [4.69, 9.17) is 21.7 Å². The summed E-state index contributed by atoms with van der Waals surface area (Å²) in [6.07, 6.45) is 2.26. The van der Waals surface area contributed by atoms with Gasteiger partial charge in [-0.1, -0.05) is 0 Å². The Labute approximate surface area is 164 Å². The highest BCUT2D eigenvalue weighted by Gasteiger charge is 2.39. The molecule has 1 atom stereocenters. The minimum Gasteiger partial charge on any atom is -0.497 e. The van der Waals surface area contributed by atoms with Crippen molar-refractivity contribution in [3.63, 3.8) is 0 Å². The SMILES string of the molecule is COc1ccc(OC)c(N2C(=O)C(C=NCCC[NH+](C)C)C(=O)NC2=S)c1. The molecule has 2 N–H and O–H groups in total. The second-order valence-electron chi connectivity index (χ2n) is 6.35. The lowest BCUT2D eigenvalue weighted by Gasteiger charge is -2.31. The Balaban J connectivity index is 2.25. The topological polar surface area (TPSA) is 84.7 Å². The Morgan fingerprint density at radius 3 is 2.67 bits per heavy atom. The highest BCUT2D eigenvalue weighted by atomic mass is 32.1. The fourth-order valence-electron chi connectivity index (χ4n) is 2.63. The summed E-state index contributed by atoms with van der Waals surface area (Å²) in [4.78, 5) is 32.0. The van der Waals surface area contributed by atoms with Crippen LogP contribution in [-0.2, 0) is 9.59 Å². The molecule has 1 aromatic rings. The highest BCUT2D eigenvalue weighted by Crippen LogP contribution is 2.34. The first-order valence-electron chi connectivity index (χ1n) is 8.58. The van der Waals surface area contributed by atoms with Crippen molar-refractivity contribution in [1.29, 1.82) is 0 Å². The van der Waals surface area contributed by atoms with Gasteiger partial charge >= 0.3 is 0 Å². The summed E-state index contributed by atoms with van der Waals surface area (Å²) in [5, 5.41) is 2.56. The fourth-order valence-corrected chi connectivity index (χ4v) is 2.91. The average molecular weight is 393 g/mol. The van der Waals surface area contributed by atoms with Crippen molar-refractivity contribution >= 4 is 41.0 Å². The van der Waals surface area contributed by atoms with Gasteiger partial charge in [-0.05, 0) is 24.4 Å². The van der Waals surface area contributed by atoms with Crippen molar-refractivity contribution in [2.75, 3.05) is 46.3 Å². The molecule has 146 valence electrons. The fraction of sp³-hybridized carbons (Fsp3) is 0.444. The lowest BCUT2D eigenvalue weighted by atomic mass is 10.1. The molecule has 27 heavy (non-hydrogen) atoms. The number of benzene rings is 1. The van der Waals surface area contributed by atoms with Crippen LogP contribution in [0.3, 0.4) is 0 Å². The van der Waals surface area contributed by atoms with E-state index in [1.54, 1.807) is 18.2 Å². The number of amides is 2. The maximum absolute atomic E-state index is 13.0. The van der Waals surface area contributed by atoms with E-state index >= 15 is 0 Å². The van der Waals surface area contributed by atoms with Crippen LogP contribution in [0, 0.1) is 5.92 Å². The molecule has 9 heteroatoms. The number of aliphatic imine (C=N–C) groups is 1. The van der Waals surface area contributed by atoms with Gasteiger partial charge in [-0.3, -0.25) is 19.5 Å². The number of hydrogen-bond donors (Lipinski definition) is 2. The van der Waals surface area contributed by atoms with E-state index < -0.39 is 17.7 Å². The molecule has 0 bridgehead atoms. The second kappa shape index (κ2) is 9.43. The Hall–Kier alpha value is -2.52. The van der Waals surface area contributed by atoms with Gasteiger partial charge in [0, 0.05) is 25.2 Å². The molecule has 1 heterocycles. The van der Waals surface area contributed by atoms with Gasteiger partial charge in [0.05, 0.1) is 40.5 Å². The second-order valence-corrected chi connectivity index (χ2v) is 6.74. The summed E-state index contributed by atoms with van der Waals surface area (Å²) in [6, 6.07) is 5.02. The first-order valence-corrected chi connectivity index (χ1v) is 8.99. The molecule has 2 rings (SSSR count). The summed E-state index contributed by atoms with van der Waals surface area (Å²) in [7, 11) is 7.13. The molecule has 0 spiro atoms. The first-order chi connectivity index (χ1) is 12.9. The maximum Gasteiger partial charge on any atom is 0.251 e. The largest absolute Gasteiger partial charge is 0.497 e. The van der Waals surface area contributed by atoms with Crippen molar-refractivity contribution in [1.82, 2.24) is 5.32 Å². The van der Waals surface area contributed by atoms with Crippen molar-refractivity contribution in [2.24, 2.45) is 10.9 Å². The van der Waals surface area contributed by atoms with Gasteiger partial charge in [-0.25, -0.2) is 0 Å². The average Bonchev–Trinajstić information content (AvgIpc) is 2.63. The van der Waals surface area contributed by atoms with E-state index in [9.17, 15) is 9.59 Å². The number of hydrogen-bond acceptors (Lipinski definition) is 6. The molecule has 8 nitrogen and oxygen atoms in total. The third-order valence-electron chi connectivity index (χ3n) is 4.05. The van der Waals surface area contributed by atoms with Gasteiger partial charge in [0.15, 0.2) is 11.0 Å². The number of carbonyl (C=O) groups is 2. The number of anilines is 1. The van der Waals surface area contributed by atoms with Gasteiger partial charge in [-0.15, -0.1) is 0 Å². The molecular formula is C18H25N4O4S+. The van der Waals surface area contributed by atoms with Crippen molar-refractivity contribution in [2.45, 2.75) is 6.42 Å². The van der Waals surface area contributed by atoms with Crippen molar-refractivity contribution in [3.8, 4) is 11.5 Å².